The van der Waals surface area contributed by atoms with Gasteiger partial charge in [0.15, 0.2) is 5.82 Å². The largest absolute Gasteiger partial charge is 0.480 e. The summed E-state index contributed by atoms with van der Waals surface area (Å²) in [5, 5.41) is 25.2. The molecule has 0 saturated carbocycles. The van der Waals surface area contributed by atoms with E-state index in [2.05, 4.69) is 27.3 Å². The number of carboxylic acid groups (broad SMARTS) is 1. The molecule has 2 rings (SSSR count). The number of carboxylic acids is 1. The predicted molar refractivity (Wildman–Crippen MR) is 81.0 cm³/mol. The van der Waals surface area contributed by atoms with Crippen molar-refractivity contribution in [2.45, 2.75) is 38.6 Å². The van der Waals surface area contributed by atoms with Gasteiger partial charge in [-0.2, -0.15) is 0 Å². The Kier molecular flexibility index (Phi) is 5.48. The van der Waals surface area contributed by atoms with E-state index in [4.69, 9.17) is 10.8 Å². The lowest BCUT2D eigenvalue weighted by molar-refractivity contribution is -0.138. The first-order valence-electron chi connectivity index (χ1n) is 7.24. The molecule has 3 N–H and O–H groups in total. The van der Waals surface area contributed by atoms with Crippen molar-refractivity contribution in [1.82, 2.24) is 20.4 Å². The van der Waals surface area contributed by atoms with Gasteiger partial charge in [-0.15, -0.1) is 20.4 Å². The van der Waals surface area contributed by atoms with Gasteiger partial charge in [-0.1, -0.05) is 31.5 Å². The van der Waals surface area contributed by atoms with Crippen molar-refractivity contribution in [2.75, 3.05) is 0 Å². The van der Waals surface area contributed by atoms with E-state index >= 15 is 0 Å². The van der Waals surface area contributed by atoms with Gasteiger partial charge < -0.3 is 10.8 Å². The van der Waals surface area contributed by atoms with E-state index in [1.54, 1.807) is 0 Å². The van der Waals surface area contributed by atoms with Crippen LogP contribution in [0.25, 0.3) is 11.4 Å². The number of hydrogen-bond acceptors (Lipinski definition) is 6. The lowest BCUT2D eigenvalue weighted by atomic mass is 10.0. The SMILES string of the molecule is CCCCc1nnc(-c2cccc(CC(N)C(=O)O)c2)nn1. The fraction of sp³-hybridized carbons (Fsp3) is 0.400. The van der Waals surface area contributed by atoms with Gasteiger partial charge in [0.1, 0.15) is 6.04 Å². The summed E-state index contributed by atoms with van der Waals surface area (Å²) in [6.07, 6.45) is 3.09. The summed E-state index contributed by atoms with van der Waals surface area (Å²) in [5.74, 6) is 0.0333. The van der Waals surface area contributed by atoms with Crippen LogP contribution in [0.1, 0.15) is 31.2 Å². The summed E-state index contributed by atoms with van der Waals surface area (Å²) >= 11 is 0. The van der Waals surface area contributed by atoms with Crippen LogP contribution in [-0.4, -0.2) is 37.5 Å². The smallest absolute Gasteiger partial charge is 0.320 e. The van der Waals surface area contributed by atoms with Crippen LogP contribution in [0.4, 0.5) is 0 Å². The number of benzene rings is 1. The van der Waals surface area contributed by atoms with E-state index in [1.165, 1.54) is 0 Å². The third-order valence-corrected chi connectivity index (χ3v) is 3.23. The molecule has 1 aromatic heterocycles. The van der Waals surface area contributed by atoms with Crippen LogP contribution in [0.2, 0.25) is 0 Å². The van der Waals surface area contributed by atoms with Crippen molar-refractivity contribution >= 4 is 5.97 Å². The van der Waals surface area contributed by atoms with Crippen LogP contribution in [-0.2, 0) is 17.6 Å². The molecule has 22 heavy (non-hydrogen) atoms. The van der Waals surface area contributed by atoms with Crippen molar-refractivity contribution < 1.29 is 9.90 Å². The first kappa shape index (κ1) is 16.0. The minimum atomic E-state index is -1.02. The highest BCUT2D eigenvalue weighted by Gasteiger charge is 2.13. The van der Waals surface area contributed by atoms with E-state index in [0.29, 0.717) is 11.6 Å². The Morgan fingerprint density at radius 1 is 1.27 bits per heavy atom. The van der Waals surface area contributed by atoms with Crippen molar-refractivity contribution in [3.63, 3.8) is 0 Å². The van der Waals surface area contributed by atoms with Gasteiger partial charge in [-0.25, -0.2) is 0 Å². The minimum Gasteiger partial charge on any atom is -0.480 e. The molecular weight excluding hydrogens is 282 g/mol. The summed E-state index contributed by atoms with van der Waals surface area (Å²) in [4.78, 5) is 10.8. The number of aliphatic carboxylic acids is 1. The molecular formula is C15H19N5O2. The van der Waals surface area contributed by atoms with Gasteiger partial charge in [-0.3, -0.25) is 4.79 Å². The topological polar surface area (TPSA) is 115 Å². The first-order valence-corrected chi connectivity index (χ1v) is 7.24. The molecule has 0 aliphatic rings. The lowest BCUT2D eigenvalue weighted by Crippen LogP contribution is -2.32. The van der Waals surface area contributed by atoms with E-state index in [-0.39, 0.29) is 6.42 Å². The van der Waals surface area contributed by atoms with Crippen LogP contribution < -0.4 is 5.73 Å². The number of nitrogens with two attached hydrogens (primary N) is 1. The molecule has 1 heterocycles. The van der Waals surface area contributed by atoms with Crippen molar-refractivity contribution in [1.29, 1.82) is 0 Å². The Morgan fingerprint density at radius 3 is 2.64 bits per heavy atom. The average Bonchev–Trinajstić information content (AvgIpc) is 2.53. The molecule has 0 amide bonds. The molecule has 0 aliphatic heterocycles. The zero-order chi connectivity index (χ0) is 15.9. The zero-order valence-corrected chi connectivity index (χ0v) is 12.4. The van der Waals surface area contributed by atoms with Crippen LogP contribution >= 0.6 is 0 Å². The maximum Gasteiger partial charge on any atom is 0.320 e. The quantitative estimate of drug-likeness (QED) is 0.790. The van der Waals surface area contributed by atoms with Gasteiger partial charge in [-0.05, 0) is 24.5 Å². The monoisotopic (exact) mass is 301 g/mol. The second-order valence-corrected chi connectivity index (χ2v) is 5.09. The van der Waals surface area contributed by atoms with Gasteiger partial charge in [0.05, 0.1) is 0 Å². The first-order chi connectivity index (χ1) is 10.6. The molecule has 0 saturated heterocycles. The molecule has 0 aliphatic carbocycles. The lowest BCUT2D eigenvalue weighted by Gasteiger charge is -2.07. The summed E-state index contributed by atoms with van der Waals surface area (Å²) < 4.78 is 0. The Labute approximate surface area is 128 Å². The van der Waals surface area contributed by atoms with Gasteiger partial charge in [0, 0.05) is 12.0 Å². The Balaban J connectivity index is 2.13. The number of nitrogens with zero attached hydrogens (tertiary/aromatic N) is 4. The molecule has 1 unspecified atom stereocenters. The number of hydrogen-bond donors (Lipinski definition) is 2. The van der Waals surface area contributed by atoms with E-state index < -0.39 is 12.0 Å². The van der Waals surface area contributed by atoms with E-state index in [0.717, 1.165) is 30.4 Å². The molecule has 0 radical (unpaired) electrons. The van der Waals surface area contributed by atoms with Crippen LogP contribution in [0, 0.1) is 0 Å². The highest BCUT2D eigenvalue weighted by Crippen LogP contribution is 2.16. The number of unbranched alkanes of at least 4 members (excludes halogenated alkanes) is 1. The number of carbonyl (C=O) groups is 1. The molecule has 116 valence electrons. The second kappa shape index (κ2) is 7.56. The van der Waals surface area contributed by atoms with Gasteiger partial charge >= 0.3 is 5.97 Å². The Morgan fingerprint density at radius 2 is 2.00 bits per heavy atom. The molecule has 1 aromatic carbocycles. The van der Waals surface area contributed by atoms with Gasteiger partial charge in [0.2, 0.25) is 5.82 Å². The molecule has 1 atom stereocenters. The summed E-state index contributed by atoms with van der Waals surface area (Å²) in [6, 6.07) is 6.35. The van der Waals surface area contributed by atoms with Crippen LogP contribution in [0.5, 0.6) is 0 Å². The van der Waals surface area contributed by atoms with E-state index in [9.17, 15) is 4.79 Å². The molecule has 7 heteroatoms. The predicted octanol–water partition coefficient (Wildman–Crippen LogP) is 1.23. The molecule has 7 nitrogen and oxygen atoms in total. The van der Waals surface area contributed by atoms with Crippen molar-refractivity contribution in [3.8, 4) is 11.4 Å². The Bertz CT molecular complexity index is 630. The zero-order valence-electron chi connectivity index (χ0n) is 12.4. The van der Waals surface area contributed by atoms with Crippen LogP contribution in [0.3, 0.4) is 0 Å². The molecule has 0 fully saturated rings. The number of aryl methyl sites for hydroxylation is 1. The molecule has 0 spiro atoms. The van der Waals surface area contributed by atoms with Gasteiger partial charge in [0.25, 0.3) is 0 Å². The summed E-state index contributed by atoms with van der Waals surface area (Å²) in [6.45, 7) is 2.10. The Hall–Kier alpha value is -2.41. The highest BCUT2D eigenvalue weighted by molar-refractivity contribution is 5.73. The number of aromatic nitrogens is 4. The average molecular weight is 301 g/mol. The van der Waals surface area contributed by atoms with E-state index in [1.807, 2.05) is 24.3 Å². The van der Waals surface area contributed by atoms with Crippen molar-refractivity contribution in [3.05, 3.63) is 35.7 Å². The minimum absolute atomic E-state index is 0.249. The van der Waals surface area contributed by atoms with Crippen molar-refractivity contribution in [2.24, 2.45) is 5.73 Å². The summed E-state index contributed by atoms with van der Waals surface area (Å²) in [7, 11) is 0. The maximum atomic E-state index is 10.8. The summed E-state index contributed by atoms with van der Waals surface area (Å²) in [5.41, 5.74) is 7.11. The second-order valence-electron chi connectivity index (χ2n) is 5.09. The van der Waals surface area contributed by atoms with Crippen LogP contribution in [0.15, 0.2) is 24.3 Å². The maximum absolute atomic E-state index is 10.8. The number of rotatable bonds is 7. The fourth-order valence-electron chi connectivity index (χ4n) is 1.98. The third kappa shape index (κ3) is 4.29. The molecule has 2 aromatic rings. The third-order valence-electron chi connectivity index (χ3n) is 3.23. The molecule has 0 bridgehead atoms. The standard InChI is InChI=1S/C15H19N5O2/c1-2-3-7-13-17-19-14(20-18-13)11-6-4-5-10(8-11)9-12(16)15(21)22/h4-6,8,12H,2-3,7,9,16H2,1H3,(H,21,22). The fourth-order valence-corrected chi connectivity index (χ4v) is 1.98. The highest BCUT2D eigenvalue weighted by atomic mass is 16.4. The normalized spacial score (nSPS) is 12.1.